The number of aliphatic imine (C=N–C) groups is 1. The summed E-state index contributed by atoms with van der Waals surface area (Å²) in [6.45, 7) is 8.09. The number of carbonyl (C=O) groups is 1. The van der Waals surface area contributed by atoms with Gasteiger partial charge in [-0.2, -0.15) is 5.10 Å². The molecule has 0 spiro atoms. The third kappa shape index (κ3) is 6.23. The van der Waals surface area contributed by atoms with Gasteiger partial charge in [0.2, 0.25) is 0 Å². The number of benzene rings is 1. The summed E-state index contributed by atoms with van der Waals surface area (Å²) < 4.78 is 2.04. The second-order valence-corrected chi connectivity index (χ2v) is 7.68. The molecule has 0 radical (unpaired) electrons. The highest BCUT2D eigenvalue weighted by Gasteiger charge is 2.17. The highest BCUT2D eigenvalue weighted by atomic mass is 16.2. The fourth-order valence-corrected chi connectivity index (χ4v) is 3.63. The number of guanidine groups is 1. The minimum atomic E-state index is -0.0160. The number of hydrogen-bond donors (Lipinski definition) is 3. The van der Waals surface area contributed by atoms with E-state index in [0.29, 0.717) is 6.54 Å². The Morgan fingerprint density at radius 2 is 1.97 bits per heavy atom. The number of aromatic nitrogens is 2. The quantitative estimate of drug-likeness (QED) is 0.371. The molecule has 0 saturated carbocycles. The van der Waals surface area contributed by atoms with Crippen molar-refractivity contribution < 1.29 is 4.79 Å². The highest BCUT2D eigenvalue weighted by molar-refractivity contribution is 5.89. The van der Waals surface area contributed by atoms with Gasteiger partial charge in [-0.05, 0) is 56.9 Å². The molecule has 1 saturated heterocycles. The van der Waals surface area contributed by atoms with Crippen molar-refractivity contribution in [2.75, 3.05) is 32.0 Å². The van der Waals surface area contributed by atoms with Crippen LogP contribution in [0.5, 0.6) is 0 Å². The first-order chi connectivity index (χ1) is 14.5. The van der Waals surface area contributed by atoms with E-state index in [0.717, 1.165) is 68.3 Å². The average molecular weight is 412 g/mol. The number of nitrogens with zero attached hydrogens (tertiary/aromatic N) is 4. The zero-order valence-corrected chi connectivity index (χ0v) is 18.2. The molecular formula is C22H33N7O. The van der Waals surface area contributed by atoms with Crippen LogP contribution in [0, 0.1) is 13.8 Å². The van der Waals surface area contributed by atoms with Crippen LogP contribution in [-0.4, -0.2) is 53.4 Å². The molecule has 0 aliphatic carbocycles. The summed E-state index contributed by atoms with van der Waals surface area (Å²) in [6, 6.07) is 9.99. The Hall–Kier alpha value is -3.03. The number of urea groups is 1. The van der Waals surface area contributed by atoms with Crippen LogP contribution in [-0.2, 0) is 13.1 Å². The van der Waals surface area contributed by atoms with Crippen LogP contribution < -0.4 is 16.0 Å². The molecular weight excluding hydrogens is 378 g/mol. The van der Waals surface area contributed by atoms with E-state index in [4.69, 9.17) is 0 Å². The molecule has 1 aromatic carbocycles. The van der Waals surface area contributed by atoms with E-state index in [1.165, 1.54) is 5.69 Å². The maximum Gasteiger partial charge on any atom is 0.321 e. The summed E-state index contributed by atoms with van der Waals surface area (Å²) in [5.41, 5.74) is 4.14. The van der Waals surface area contributed by atoms with Crippen LogP contribution in [0.3, 0.4) is 0 Å². The van der Waals surface area contributed by atoms with Gasteiger partial charge >= 0.3 is 6.03 Å². The van der Waals surface area contributed by atoms with Crippen molar-refractivity contribution in [2.24, 2.45) is 4.99 Å². The number of rotatable bonds is 7. The summed E-state index contributed by atoms with van der Waals surface area (Å²) >= 11 is 0. The van der Waals surface area contributed by atoms with E-state index in [1.807, 2.05) is 40.8 Å². The fraction of sp³-hybridized carbons (Fsp3) is 0.500. The van der Waals surface area contributed by atoms with Gasteiger partial charge in [-0.25, -0.2) is 4.79 Å². The molecule has 0 atom stereocenters. The van der Waals surface area contributed by atoms with Crippen LogP contribution in [0.15, 0.2) is 35.3 Å². The average Bonchev–Trinajstić information content (AvgIpc) is 3.37. The highest BCUT2D eigenvalue weighted by Crippen LogP contribution is 2.14. The smallest absolute Gasteiger partial charge is 0.321 e. The molecule has 3 N–H and O–H groups in total. The van der Waals surface area contributed by atoms with E-state index in [9.17, 15) is 4.79 Å². The Morgan fingerprint density at radius 3 is 2.67 bits per heavy atom. The molecule has 1 fully saturated rings. The van der Waals surface area contributed by atoms with Gasteiger partial charge in [0.15, 0.2) is 5.96 Å². The Bertz CT molecular complexity index is 868. The van der Waals surface area contributed by atoms with E-state index in [2.05, 4.69) is 39.0 Å². The molecule has 8 heteroatoms. The van der Waals surface area contributed by atoms with Gasteiger partial charge in [0, 0.05) is 51.2 Å². The first kappa shape index (κ1) is 21.7. The molecule has 1 aromatic heterocycles. The lowest BCUT2D eigenvalue weighted by atomic mass is 10.2. The third-order valence-electron chi connectivity index (χ3n) is 5.20. The fourth-order valence-electron chi connectivity index (χ4n) is 3.63. The van der Waals surface area contributed by atoms with Crippen molar-refractivity contribution in [3.05, 3.63) is 47.3 Å². The number of carbonyl (C=O) groups excluding carboxylic acids is 1. The summed E-state index contributed by atoms with van der Waals surface area (Å²) in [5, 5.41) is 14.2. The number of aryl methyl sites for hydroxylation is 3. The largest absolute Gasteiger partial charge is 0.356 e. The Labute approximate surface area is 178 Å². The Morgan fingerprint density at radius 1 is 1.17 bits per heavy atom. The Kier molecular flexibility index (Phi) is 7.70. The maximum absolute atomic E-state index is 12.3. The molecule has 0 bridgehead atoms. The Balaban J connectivity index is 1.42. The third-order valence-corrected chi connectivity index (χ3v) is 5.20. The lowest BCUT2D eigenvalue weighted by Crippen LogP contribution is -2.37. The first-order valence-corrected chi connectivity index (χ1v) is 10.7. The number of hydrogen-bond acceptors (Lipinski definition) is 3. The topological polar surface area (TPSA) is 86.6 Å². The van der Waals surface area contributed by atoms with Crippen molar-refractivity contribution in [3.63, 3.8) is 0 Å². The minimum absolute atomic E-state index is 0.0160. The van der Waals surface area contributed by atoms with Gasteiger partial charge in [0.1, 0.15) is 0 Å². The molecule has 162 valence electrons. The van der Waals surface area contributed by atoms with Gasteiger partial charge in [-0.15, -0.1) is 0 Å². The van der Waals surface area contributed by atoms with Crippen molar-refractivity contribution in [2.45, 2.75) is 46.2 Å². The number of amides is 2. The molecule has 1 aliphatic rings. The van der Waals surface area contributed by atoms with Crippen LogP contribution in [0.1, 0.15) is 36.2 Å². The van der Waals surface area contributed by atoms with Gasteiger partial charge in [-0.1, -0.05) is 12.1 Å². The SMILES string of the molecule is CN=C(NCCCn1nc(C)cc1C)NCc1cccc(NC(=O)N2CCCC2)c1. The van der Waals surface area contributed by atoms with Gasteiger partial charge in [0.25, 0.3) is 0 Å². The molecule has 8 nitrogen and oxygen atoms in total. The summed E-state index contributed by atoms with van der Waals surface area (Å²) in [4.78, 5) is 18.4. The summed E-state index contributed by atoms with van der Waals surface area (Å²) in [6.07, 6.45) is 3.13. The van der Waals surface area contributed by atoms with Crippen molar-refractivity contribution in [1.82, 2.24) is 25.3 Å². The van der Waals surface area contributed by atoms with Gasteiger partial charge in [-0.3, -0.25) is 9.67 Å². The summed E-state index contributed by atoms with van der Waals surface area (Å²) in [7, 11) is 1.77. The van der Waals surface area contributed by atoms with E-state index >= 15 is 0 Å². The van der Waals surface area contributed by atoms with Crippen LogP contribution in [0.25, 0.3) is 0 Å². The molecule has 30 heavy (non-hydrogen) atoms. The van der Waals surface area contributed by atoms with E-state index in [1.54, 1.807) is 7.05 Å². The first-order valence-electron chi connectivity index (χ1n) is 10.7. The maximum atomic E-state index is 12.3. The molecule has 1 aliphatic heterocycles. The molecule has 2 heterocycles. The second-order valence-electron chi connectivity index (χ2n) is 7.68. The zero-order valence-electron chi connectivity index (χ0n) is 18.2. The lowest BCUT2D eigenvalue weighted by Gasteiger charge is -2.17. The summed E-state index contributed by atoms with van der Waals surface area (Å²) in [5.74, 6) is 0.759. The molecule has 2 aromatic rings. The van der Waals surface area contributed by atoms with Gasteiger partial charge in [0.05, 0.1) is 5.69 Å². The minimum Gasteiger partial charge on any atom is -0.356 e. The normalized spacial score (nSPS) is 14.1. The molecule has 2 amide bonds. The lowest BCUT2D eigenvalue weighted by molar-refractivity contribution is 0.222. The van der Waals surface area contributed by atoms with Crippen molar-refractivity contribution in [3.8, 4) is 0 Å². The number of anilines is 1. The zero-order chi connectivity index (χ0) is 21.3. The predicted octanol–water partition coefficient (Wildman–Crippen LogP) is 2.88. The molecule has 0 unspecified atom stereocenters. The van der Waals surface area contributed by atoms with Crippen LogP contribution >= 0.6 is 0 Å². The van der Waals surface area contributed by atoms with Crippen LogP contribution in [0.4, 0.5) is 10.5 Å². The van der Waals surface area contributed by atoms with Crippen molar-refractivity contribution in [1.29, 1.82) is 0 Å². The number of likely N-dealkylation sites (tertiary alicyclic amines) is 1. The van der Waals surface area contributed by atoms with Crippen LogP contribution in [0.2, 0.25) is 0 Å². The number of nitrogens with one attached hydrogen (secondary N) is 3. The second kappa shape index (κ2) is 10.7. The van der Waals surface area contributed by atoms with E-state index in [-0.39, 0.29) is 6.03 Å². The van der Waals surface area contributed by atoms with Gasteiger partial charge < -0.3 is 20.9 Å². The monoisotopic (exact) mass is 411 g/mol. The molecule has 3 rings (SSSR count). The predicted molar refractivity (Wildman–Crippen MR) is 121 cm³/mol. The van der Waals surface area contributed by atoms with Crippen molar-refractivity contribution >= 4 is 17.7 Å². The standard InChI is InChI=1S/C22H33N7O/c1-17-14-18(2)29(27-17)13-7-10-24-21(23-3)25-16-19-8-6-9-20(15-19)26-22(30)28-11-4-5-12-28/h6,8-9,14-15H,4-5,7,10-13,16H2,1-3H3,(H,26,30)(H2,23,24,25). The van der Waals surface area contributed by atoms with E-state index < -0.39 is 0 Å².